The van der Waals surface area contributed by atoms with E-state index in [-0.39, 0.29) is 0 Å². The highest BCUT2D eigenvalue weighted by molar-refractivity contribution is 7.94. The van der Waals surface area contributed by atoms with Crippen LogP contribution in [0.4, 0.5) is 0 Å². The molecule has 4 heteroatoms. The zero-order valence-corrected chi connectivity index (χ0v) is 8.09. The summed E-state index contributed by atoms with van der Waals surface area (Å²) < 4.78 is 10.2. The van der Waals surface area contributed by atoms with Crippen molar-refractivity contribution in [1.82, 2.24) is 0 Å². The van der Waals surface area contributed by atoms with Gasteiger partial charge < -0.3 is 8.37 Å². The van der Waals surface area contributed by atoms with Crippen LogP contribution < -0.4 is 0 Å². The first kappa shape index (κ1) is 10.6. The molecule has 0 fully saturated rings. The van der Waals surface area contributed by atoms with Crippen LogP contribution in [0.25, 0.3) is 0 Å². The van der Waals surface area contributed by atoms with Crippen molar-refractivity contribution in [2.75, 3.05) is 24.7 Å². The monoisotopic (exact) mass is 182 g/mol. The van der Waals surface area contributed by atoms with E-state index in [9.17, 15) is 0 Å². The van der Waals surface area contributed by atoms with Crippen molar-refractivity contribution in [3.8, 4) is 0 Å². The second-order valence-corrected chi connectivity index (χ2v) is 3.55. The minimum Gasteiger partial charge on any atom is -0.313 e. The third-order valence-electron chi connectivity index (χ3n) is 0.652. The summed E-state index contributed by atoms with van der Waals surface area (Å²) in [7, 11) is 0. The van der Waals surface area contributed by atoms with Crippen molar-refractivity contribution >= 4 is 24.1 Å². The largest absolute Gasteiger partial charge is 0.313 e. The Bertz CT molecular complexity index is 53.7. The van der Waals surface area contributed by atoms with Crippen LogP contribution in [0.1, 0.15) is 13.8 Å². The smallest absolute Gasteiger partial charge is 0.0860 e. The summed E-state index contributed by atoms with van der Waals surface area (Å²) in [6.07, 6.45) is 0. The Morgan fingerprint density at radius 3 is 1.60 bits per heavy atom. The van der Waals surface area contributed by atoms with Crippen molar-refractivity contribution in [2.45, 2.75) is 13.8 Å². The molecule has 0 spiro atoms. The standard InChI is InChI=1S/C6H14O2S2/c1-3-9-7-5-6-8-10-4-2/h3-6H2,1-2H3. The molecule has 0 saturated carbocycles. The van der Waals surface area contributed by atoms with Gasteiger partial charge in [-0.2, -0.15) is 0 Å². The van der Waals surface area contributed by atoms with Crippen LogP contribution in [0.3, 0.4) is 0 Å². The van der Waals surface area contributed by atoms with Gasteiger partial charge in [0, 0.05) is 11.5 Å². The lowest BCUT2D eigenvalue weighted by Crippen LogP contribution is -1.95. The third-order valence-corrected chi connectivity index (χ3v) is 1.79. The highest BCUT2D eigenvalue weighted by atomic mass is 32.2. The first-order valence-electron chi connectivity index (χ1n) is 3.40. The van der Waals surface area contributed by atoms with E-state index >= 15 is 0 Å². The van der Waals surface area contributed by atoms with E-state index in [1.165, 1.54) is 24.1 Å². The van der Waals surface area contributed by atoms with Crippen molar-refractivity contribution in [3.05, 3.63) is 0 Å². The predicted octanol–water partition coefficient (Wildman–Crippen LogP) is 2.36. The van der Waals surface area contributed by atoms with Gasteiger partial charge in [0.2, 0.25) is 0 Å². The summed E-state index contributed by atoms with van der Waals surface area (Å²) in [6.45, 7) is 5.50. The Balaban J connectivity index is 2.65. The number of rotatable bonds is 7. The van der Waals surface area contributed by atoms with E-state index in [4.69, 9.17) is 8.37 Å². The molecule has 0 aliphatic rings. The van der Waals surface area contributed by atoms with Crippen LogP contribution in [-0.2, 0) is 8.37 Å². The first-order chi connectivity index (χ1) is 4.91. The van der Waals surface area contributed by atoms with Gasteiger partial charge in [0.25, 0.3) is 0 Å². The van der Waals surface area contributed by atoms with Gasteiger partial charge in [-0.05, 0) is 24.1 Å². The fraction of sp³-hybridized carbons (Fsp3) is 1.00. The van der Waals surface area contributed by atoms with Gasteiger partial charge in [-0.25, -0.2) is 0 Å². The lowest BCUT2D eigenvalue weighted by atomic mass is 10.8. The van der Waals surface area contributed by atoms with Crippen LogP contribution in [0.15, 0.2) is 0 Å². The molecule has 0 rings (SSSR count). The molecule has 0 heterocycles. The Kier molecular flexibility index (Phi) is 10.2. The normalized spacial score (nSPS) is 10.2. The predicted molar refractivity (Wildman–Crippen MR) is 48.2 cm³/mol. The maximum absolute atomic E-state index is 5.11. The Morgan fingerprint density at radius 2 is 1.30 bits per heavy atom. The molecular formula is C6H14O2S2. The summed E-state index contributed by atoms with van der Waals surface area (Å²) in [5.74, 6) is 2.00. The lowest BCUT2D eigenvalue weighted by molar-refractivity contribution is 0.267. The van der Waals surface area contributed by atoms with Crippen LogP contribution >= 0.6 is 24.1 Å². The summed E-state index contributed by atoms with van der Waals surface area (Å²) in [6, 6.07) is 0. The van der Waals surface area contributed by atoms with Gasteiger partial charge >= 0.3 is 0 Å². The summed E-state index contributed by atoms with van der Waals surface area (Å²) in [5, 5.41) is 0. The fourth-order valence-electron chi connectivity index (χ4n) is 0.353. The van der Waals surface area contributed by atoms with Crippen LogP contribution in [0.2, 0.25) is 0 Å². The van der Waals surface area contributed by atoms with Gasteiger partial charge in [-0.15, -0.1) is 0 Å². The van der Waals surface area contributed by atoms with Crippen molar-refractivity contribution in [2.24, 2.45) is 0 Å². The van der Waals surface area contributed by atoms with E-state index in [2.05, 4.69) is 13.8 Å². The van der Waals surface area contributed by atoms with Gasteiger partial charge in [-0.3, -0.25) is 0 Å². The molecule has 0 aromatic heterocycles. The molecular weight excluding hydrogens is 168 g/mol. The van der Waals surface area contributed by atoms with E-state index < -0.39 is 0 Å². The summed E-state index contributed by atoms with van der Waals surface area (Å²) in [4.78, 5) is 0. The molecule has 0 aromatic carbocycles. The maximum atomic E-state index is 5.11. The van der Waals surface area contributed by atoms with Gasteiger partial charge in [0.1, 0.15) is 0 Å². The molecule has 0 amide bonds. The molecule has 0 N–H and O–H groups in total. The molecule has 0 aliphatic heterocycles. The minimum atomic E-state index is 0.686. The van der Waals surface area contributed by atoms with E-state index in [1.54, 1.807) is 0 Å². The molecule has 0 aromatic rings. The molecule has 0 radical (unpaired) electrons. The third kappa shape index (κ3) is 8.62. The number of hydrogen-bond acceptors (Lipinski definition) is 4. The molecule has 0 unspecified atom stereocenters. The molecule has 0 aliphatic carbocycles. The van der Waals surface area contributed by atoms with E-state index in [0.29, 0.717) is 13.2 Å². The van der Waals surface area contributed by atoms with Gasteiger partial charge in [0.05, 0.1) is 13.2 Å². The molecule has 0 bridgehead atoms. The van der Waals surface area contributed by atoms with Crippen LogP contribution in [-0.4, -0.2) is 24.7 Å². The summed E-state index contributed by atoms with van der Waals surface area (Å²) in [5.41, 5.74) is 0. The topological polar surface area (TPSA) is 18.5 Å². The van der Waals surface area contributed by atoms with E-state index in [1.807, 2.05) is 0 Å². The highest BCUT2D eigenvalue weighted by Gasteiger charge is 1.87. The van der Waals surface area contributed by atoms with E-state index in [0.717, 1.165) is 11.5 Å². The zero-order valence-electron chi connectivity index (χ0n) is 6.46. The molecule has 0 saturated heterocycles. The van der Waals surface area contributed by atoms with Gasteiger partial charge in [0.15, 0.2) is 0 Å². The first-order valence-corrected chi connectivity index (χ1v) is 5.22. The SMILES string of the molecule is CCSOCCOSCC. The maximum Gasteiger partial charge on any atom is 0.0860 e. The molecule has 2 nitrogen and oxygen atoms in total. The van der Waals surface area contributed by atoms with Crippen molar-refractivity contribution in [1.29, 1.82) is 0 Å². The molecule has 62 valence electrons. The zero-order chi connectivity index (χ0) is 7.66. The average Bonchev–Trinajstić information content (AvgIpc) is 1.97. The number of hydrogen-bond donors (Lipinski definition) is 0. The Labute approximate surface area is 71.5 Å². The summed E-state index contributed by atoms with van der Waals surface area (Å²) >= 11 is 2.95. The van der Waals surface area contributed by atoms with Crippen molar-refractivity contribution < 1.29 is 8.37 Å². The van der Waals surface area contributed by atoms with Crippen LogP contribution in [0.5, 0.6) is 0 Å². The van der Waals surface area contributed by atoms with Crippen molar-refractivity contribution in [3.63, 3.8) is 0 Å². The Hall–Kier alpha value is 0.620. The minimum absolute atomic E-state index is 0.686. The fourth-order valence-corrected chi connectivity index (χ4v) is 1.06. The quantitative estimate of drug-likeness (QED) is 0.444. The molecule has 10 heavy (non-hydrogen) atoms. The lowest BCUT2D eigenvalue weighted by Gasteiger charge is -1.99. The Morgan fingerprint density at radius 1 is 0.900 bits per heavy atom. The van der Waals surface area contributed by atoms with Crippen LogP contribution in [0, 0.1) is 0 Å². The molecule has 0 atom stereocenters. The second-order valence-electron chi connectivity index (χ2n) is 1.46. The average molecular weight is 182 g/mol. The highest BCUT2D eigenvalue weighted by Crippen LogP contribution is 2.03. The van der Waals surface area contributed by atoms with Gasteiger partial charge in [-0.1, -0.05) is 13.8 Å². The second kappa shape index (κ2) is 9.62.